The number of rotatable bonds is 4. The van der Waals surface area contributed by atoms with Crippen molar-refractivity contribution in [3.63, 3.8) is 0 Å². The van der Waals surface area contributed by atoms with Crippen LogP contribution in [0.5, 0.6) is 0 Å². The molecule has 0 amide bonds. The Morgan fingerprint density at radius 1 is 1.61 bits per heavy atom. The molecule has 1 aliphatic carbocycles. The summed E-state index contributed by atoms with van der Waals surface area (Å²) in [4.78, 5) is 15.0. The smallest absolute Gasteiger partial charge is 0.306 e. The predicted octanol–water partition coefficient (Wildman–Crippen LogP) is 1.87. The van der Waals surface area contributed by atoms with E-state index in [9.17, 15) is 4.79 Å². The fraction of sp³-hybridized carbons (Fsp3) is 0.462. The average molecular weight is 245 g/mol. The van der Waals surface area contributed by atoms with Gasteiger partial charge >= 0.3 is 5.97 Å². The first-order valence-corrected chi connectivity index (χ1v) is 6.03. The van der Waals surface area contributed by atoms with E-state index in [4.69, 9.17) is 10.4 Å². The highest BCUT2D eigenvalue weighted by Crippen LogP contribution is 2.32. The molecular weight excluding hydrogens is 230 g/mol. The quantitative estimate of drug-likeness (QED) is 0.845. The Morgan fingerprint density at radius 2 is 2.44 bits per heavy atom. The summed E-state index contributed by atoms with van der Waals surface area (Å²) in [5, 5.41) is 21.2. The summed E-state index contributed by atoms with van der Waals surface area (Å²) in [7, 11) is 0. The first-order chi connectivity index (χ1) is 8.72. The van der Waals surface area contributed by atoms with Gasteiger partial charge in [0.2, 0.25) is 0 Å². The van der Waals surface area contributed by atoms with Crippen molar-refractivity contribution in [1.29, 1.82) is 5.26 Å². The molecule has 5 heteroatoms. The number of nitrogens with zero attached hydrogens (tertiary/aromatic N) is 2. The van der Waals surface area contributed by atoms with E-state index in [1.807, 2.05) is 0 Å². The summed E-state index contributed by atoms with van der Waals surface area (Å²) >= 11 is 0. The number of nitrogens with one attached hydrogen (secondary N) is 1. The zero-order chi connectivity index (χ0) is 13.0. The lowest BCUT2D eigenvalue weighted by Crippen LogP contribution is -2.24. The van der Waals surface area contributed by atoms with Gasteiger partial charge in [-0.15, -0.1) is 0 Å². The van der Waals surface area contributed by atoms with Gasteiger partial charge in [-0.3, -0.25) is 9.78 Å². The van der Waals surface area contributed by atoms with E-state index in [1.165, 1.54) is 0 Å². The summed E-state index contributed by atoms with van der Waals surface area (Å²) < 4.78 is 0. The molecule has 2 atom stereocenters. The standard InChI is InChI=1S/C13H15N3O2/c14-6-9-4-5-15-8-12(9)16-7-10-2-1-3-11(10)13(17)18/h4-5,8,10-11,16H,1-3,7H2,(H,17,18). The zero-order valence-electron chi connectivity index (χ0n) is 9.97. The summed E-state index contributed by atoms with van der Waals surface area (Å²) in [5.74, 6) is -0.847. The van der Waals surface area contributed by atoms with Crippen LogP contribution in [0.2, 0.25) is 0 Å². The van der Waals surface area contributed by atoms with Crippen LogP contribution in [0, 0.1) is 23.2 Å². The lowest BCUT2D eigenvalue weighted by atomic mass is 9.96. The van der Waals surface area contributed by atoms with Crippen LogP contribution in [0.4, 0.5) is 5.69 Å². The minimum Gasteiger partial charge on any atom is -0.481 e. The highest BCUT2D eigenvalue weighted by molar-refractivity contribution is 5.70. The molecule has 0 saturated heterocycles. The van der Waals surface area contributed by atoms with Crippen molar-refractivity contribution < 1.29 is 9.90 Å². The van der Waals surface area contributed by atoms with Crippen molar-refractivity contribution in [2.24, 2.45) is 11.8 Å². The largest absolute Gasteiger partial charge is 0.481 e. The molecule has 1 aliphatic rings. The molecule has 1 aromatic heterocycles. The van der Waals surface area contributed by atoms with Crippen LogP contribution in [0.15, 0.2) is 18.5 Å². The Bertz CT molecular complexity index is 481. The SMILES string of the molecule is N#Cc1ccncc1NCC1CCCC1C(=O)O. The fourth-order valence-corrected chi connectivity index (χ4v) is 2.48. The number of hydrogen-bond acceptors (Lipinski definition) is 4. The number of aliphatic carboxylic acids is 1. The van der Waals surface area contributed by atoms with Crippen molar-refractivity contribution in [3.05, 3.63) is 24.0 Å². The van der Waals surface area contributed by atoms with E-state index in [0.29, 0.717) is 17.8 Å². The minimum atomic E-state index is -0.717. The third kappa shape index (κ3) is 2.59. The normalized spacial score (nSPS) is 22.4. The van der Waals surface area contributed by atoms with Gasteiger partial charge in [-0.05, 0) is 24.8 Å². The Kier molecular flexibility index (Phi) is 3.78. The molecule has 1 aromatic rings. The molecule has 1 fully saturated rings. The van der Waals surface area contributed by atoms with Gasteiger partial charge in [0.25, 0.3) is 0 Å². The van der Waals surface area contributed by atoms with Crippen LogP contribution >= 0.6 is 0 Å². The Balaban J connectivity index is 1.99. The second-order valence-electron chi connectivity index (χ2n) is 4.55. The zero-order valence-corrected chi connectivity index (χ0v) is 9.97. The van der Waals surface area contributed by atoms with Crippen LogP contribution in [0.1, 0.15) is 24.8 Å². The monoisotopic (exact) mass is 245 g/mol. The number of anilines is 1. The molecule has 2 rings (SSSR count). The van der Waals surface area contributed by atoms with Crippen molar-refractivity contribution in [3.8, 4) is 6.07 Å². The van der Waals surface area contributed by atoms with Crippen LogP contribution in [0.25, 0.3) is 0 Å². The van der Waals surface area contributed by atoms with Crippen LogP contribution in [-0.4, -0.2) is 22.6 Å². The third-order valence-corrected chi connectivity index (χ3v) is 3.47. The summed E-state index contributed by atoms with van der Waals surface area (Å²) in [5.41, 5.74) is 1.21. The second kappa shape index (κ2) is 5.50. The fourth-order valence-electron chi connectivity index (χ4n) is 2.48. The number of aromatic nitrogens is 1. The van der Waals surface area contributed by atoms with Gasteiger partial charge in [0.05, 0.1) is 23.4 Å². The molecule has 0 radical (unpaired) electrons. The average Bonchev–Trinajstić information content (AvgIpc) is 2.85. The van der Waals surface area contributed by atoms with Crippen molar-refractivity contribution >= 4 is 11.7 Å². The first-order valence-electron chi connectivity index (χ1n) is 6.03. The molecule has 0 aromatic carbocycles. The highest BCUT2D eigenvalue weighted by Gasteiger charge is 2.32. The second-order valence-corrected chi connectivity index (χ2v) is 4.55. The van der Waals surface area contributed by atoms with Gasteiger partial charge in [-0.1, -0.05) is 6.42 Å². The maximum absolute atomic E-state index is 11.1. The van der Waals surface area contributed by atoms with E-state index in [0.717, 1.165) is 19.3 Å². The van der Waals surface area contributed by atoms with Crippen molar-refractivity contribution in [2.75, 3.05) is 11.9 Å². The molecule has 5 nitrogen and oxygen atoms in total. The summed E-state index contributed by atoms with van der Waals surface area (Å²) in [6.45, 7) is 0.581. The van der Waals surface area contributed by atoms with E-state index in [2.05, 4.69) is 16.4 Å². The Hall–Kier alpha value is -2.09. The molecule has 2 N–H and O–H groups in total. The van der Waals surface area contributed by atoms with Gasteiger partial charge < -0.3 is 10.4 Å². The first kappa shape index (κ1) is 12.4. The van der Waals surface area contributed by atoms with Gasteiger partial charge in [-0.25, -0.2) is 0 Å². The van der Waals surface area contributed by atoms with Crippen LogP contribution < -0.4 is 5.32 Å². The number of pyridine rings is 1. The van der Waals surface area contributed by atoms with E-state index < -0.39 is 5.97 Å². The maximum atomic E-state index is 11.1. The molecule has 18 heavy (non-hydrogen) atoms. The number of hydrogen-bond donors (Lipinski definition) is 2. The Morgan fingerprint density at radius 3 is 3.17 bits per heavy atom. The lowest BCUT2D eigenvalue weighted by Gasteiger charge is -2.17. The molecule has 0 spiro atoms. The molecule has 1 heterocycles. The lowest BCUT2D eigenvalue weighted by molar-refractivity contribution is -0.142. The van der Waals surface area contributed by atoms with Gasteiger partial charge in [0, 0.05) is 12.7 Å². The molecule has 2 unspecified atom stereocenters. The molecule has 0 bridgehead atoms. The van der Waals surface area contributed by atoms with E-state index in [1.54, 1.807) is 18.5 Å². The van der Waals surface area contributed by atoms with Gasteiger partial charge in [0.1, 0.15) is 6.07 Å². The topological polar surface area (TPSA) is 86.0 Å². The van der Waals surface area contributed by atoms with Gasteiger partial charge in [0.15, 0.2) is 0 Å². The third-order valence-electron chi connectivity index (χ3n) is 3.47. The minimum absolute atomic E-state index is 0.134. The maximum Gasteiger partial charge on any atom is 0.306 e. The van der Waals surface area contributed by atoms with Crippen LogP contribution in [-0.2, 0) is 4.79 Å². The molecule has 94 valence electrons. The summed E-state index contributed by atoms with van der Waals surface area (Å²) in [6, 6.07) is 3.73. The summed E-state index contributed by atoms with van der Waals surface area (Å²) in [6.07, 6.45) is 5.80. The predicted molar refractivity (Wildman–Crippen MR) is 65.9 cm³/mol. The van der Waals surface area contributed by atoms with Crippen LogP contribution in [0.3, 0.4) is 0 Å². The molecule has 0 aliphatic heterocycles. The highest BCUT2D eigenvalue weighted by atomic mass is 16.4. The Labute approximate surface area is 105 Å². The number of carbonyl (C=O) groups is 1. The van der Waals surface area contributed by atoms with Crippen molar-refractivity contribution in [1.82, 2.24) is 4.98 Å². The van der Waals surface area contributed by atoms with Gasteiger partial charge in [-0.2, -0.15) is 5.26 Å². The molecule has 1 saturated carbocycles. The van der Waals surface area contributed by atoms with E-state index >= 15 is 0 Å². The number of nitriles is 1. The molecular formula is C13H15N3O2. The van der Waals surface area contributed by atoms with Crippen molar-refractivity contribution in [2.45, 2.75) is 19.3 Å². The number of carboxylic acid groups (broad SMARTS) is 1. The van der Waals surface area contributed by atoms with E-state index in [-0.39, 0.29) is 11.8 Å². The number of carboxylic acids is 1.